The molecule has 2 aliphatic rings. The molecule has 0 bridgehead atoms. The van der Waals surface area contributed by atoms with Gasteiger partial charge in [-0.15, -0.1) is 0 Å². The highest BCUT2D eigenvalue weighted by Crippen LogP contribution is 2.40. The fourth-order valence-electron chi connectivity index (χ4n) is 5.06. The van der Waals surface area contributed by atoms with Crippen LogP contribution in [0.4, 0.5) is 15.0 Å². The van der Waals surface area contributed by atoms with Gasteiger partial charge < -0.3 is 19.1 Å². The van der Waals surface area contributed by atoms with Crippen LogP contribution in [0.3, 0.4) is 0 Å². The number of halogens is 1. The van der Waals surface area contributed by atoms with Crippen molar-refractivity contribution in [1.82, 2.24) is 28.7 Å². The van der Waals surface area contributed by atoms with E-state index in [1.165, 1.54) is 40.7 Å². The molecule has 2 aromatic heterocycles. The maximum atomic E-state index is 13.5. The maximum Gasteiger partial charge on any atom is 0.410 e. The lowest BCUT2D eigenvalue weighted by Crippen LogP contribution is -2.43. The van der Waals surface area contributed by atoms with Gasteiger partial charge in [-0.3, -0.25) is 14.5 Å². The van der Waals surface area contributed by atoms with Crippen LogP contribution in [-0.2, 0) is 16.1 Å². The van der Waals surface area contributed by atoms with Crippen molar-refractivity contribution in [2.45, 2.75) is 65.3 Å². The van der Waals surface area contributed by atoms with Crippen LogP contribution in [0.25, 0.3) is 10.8 Å². The van der Waals surface area contributed by atoms with Crippen LogP contribution in [0, 0.1) is 12.7 Å². The SMILES string of the molecule is Cc1nsc(-c2nc(N3C[C@H](N(C)C(=O)OC(C)(C)C)CC3=O)c3n2CCN(C(=O)c2ccc(F)cc2)[C@@H]3C)n1. The number of carbonyl (C=O) groups is 3. The number of benzene rings is 1. The summed E-state index contributed by atoms with van der Waals surface area (Å²) in [5, 5.41) is 0.615. The van der Waals surface area contributed by atoms with Gasteiger partial charge in [0.15, 0.2) is 16.6 Å². The van der Waals surface area contributed by atoms with E-state index in [2.05, 4.69) is 9.36 Å². The van der Waals surface area contributed by atoms with Crippen molar-refractivity contribution in [3.63, 3.8) is 0 Å². The van der Waals surface area contributed by atoms with E-state index in [0.29, 0.717) is 46.8 Å². The Hall–Kier alpha value is -3.87. The normalized spacial score (nSPS) is 19.1. The molecule has 3 aromatic rings. The monoisotopic (exact) mass is 569 g/mol. The number of hydrogen-bond acceptors (Lipinski definition) is 8. The molecule has 2 atom stereocenters. The van der Waals surface area contributed by atoms with Crippen molar-refractivity contribution in [1.29, 1.82) is 0 Å². The van der Waals surface area contributed by atoms with E-state index >= 15 is 0 Å². The van der Waals surface area contributed by atoms with Crippen molar-refractivity contribution in [2.75, 3.05) is 25.0 Å². The minimum absolute atomic E-state index is 0.113. The first-order valence-corrected chi connectivity index (χ1v) is 13.8. The second-order valence-electron chi connectivity index (χ2n) is 11.1. The number of likely N-dealkylation sites (N-methyl/N-ethyl adjacent to an activating group) is 1. The molecule has 11 nitrogen and oxygen atoms in total. The first kappa shape index (κ1) is 27.7. The predicted molar refractivity (Wildman–Crippen MR) is 146 cm³/mol. The van der Waals surface area contributed by atoms with Crippen LogP contribution in [-0.4, -0.2) is 78.4 Å². The molecule has 212 valence electrons. The second kappa shape index (κ2) is 10.3. The van der Waals surface area contributed by atoms with Gasteiger partial charge in [0.05, 0.1) is 17.8 Å². The Bertz CT molecular complexity index is 1460. The molecule has 1 fully saturated rings. The van der Waals surface area contributed by atoms with Gasteiger partial charge in [0.1, 0.15) is 17.2 Å². The topological polar surface area (TPSA) is 114 Å². The summed E-state index contributed by atoms with van der Waals surface area (Å²) in [4.78, 5) is 53.7. The number of anilines is 1. The smallest absolute Gasteiger partial charge is 0.410 e. The highest BCUT2D eigenvalue weighted by molar-refractivity contribution is 7.09. The minimum atomic E-state index is -0.665. The lowest BCUT2D eigenvalue weighted by Gasteiger charge is -2.36. The number of carbonyl (C=O) groups excluding carboxylic acids is 3. The molecule has 4 heterocycles. The fourth-order valence-corrected chi connectivity index (χ4v) is 5.73. The van der Waals surface area contributed by atoms with Crippen molar-refractivity contribution in [2.24, 2.45) is 0 Å². The summed E-state index contributed by atoms with van der Waals surface area (Å²) in [6.07, 6.45) is -0.393. The molecular formula is C27H32FN7O4S. The molecule has 5 rings (SSSR count). The lowest BCUT2D eigenvalue weighted by atomic mass is 10.1. The highest BCUT2D eigenvalue weighted by atomic mass is 32.1. The number of nitrogens with zero attached hydrogens (tertiary/aromatic N) is 7. The van der Waals surface area contributed by atoms with Crippen LogP contribution >= 0.6 is 11.5 Å². The number of imidazole rings is 1. The van der Waals surface area contributed by atoms with Crippen LogP contribution in [0.2, 0.25) is 0 Å². The Morgan fingerprint density at radius 2 is 1.85 bits per heavy atom. The van der Waals surface area contributed by atoms with E-state index in [1.54, 1.807) is 44.5 Å². The van der Waals surface area contributed by atoms with Crippen molar-refractivity contribution >= 4 is 35.3 Å². The lowest BCUT2D eigenvalue weighted by molar-refractivity contribution is -0.117. The average molecular weight is 570 g/mol. The summed E-state index contributed by atoms with van der Waals surface area (Å²) in [6, 6.07) is 4.59. The van der Waals surface area contributed by atoms with Gasteiger partial charge in [-0.05, 0) is 70.4 Å². The third kappa shape index (κ3) is 5.17. The van der Waals surface area contributed by atoms with E-state index in [0.717, 1.165) is 0 Å². The zero-order valence-electron chi connectivity index (χ0n) is 23.3. The molecule has 0 aliphatic carbocycles. The van der Waals surface area contributed by atoms with Gasteiger partial charge in [-0.1, -0.05) is 0 Å². The summed E-state index contributed by atoms with van der Waals surface area (Å²) in [5.74, 6) is 0.779. The molecule has 0 spiro atoms. The molecule has 3 amide bonds. The van der Waals surface area contributed by atoms with Gasteiger partial charge in [-0.25, -0.2) is 19.2 Å². The second-order valence-corrected chi connectivity index (χ2v) is 11.8. The Balaban J connectivity index is 1.50. The molecule has 0 unspecified atom stereocenters. The fraction of sp³-hybridized carbons (Fsp3) is 0.481. The summed E-state index contributed by atoms with van der Waals surface area (Å²) < 4.78 is 25.3. The molecular weight excluding hydrogens is 537 g/mol. The van der Waals surface area contributed by atoms with E-state index in [9.17, 15) is 18.8 Å². The molecule has 0 N–H and O–H groups in total. The standard InChI is InChI=1S/C27H32FN7O4S/c1-15-21-22(35-14-19(13-20(35)36)32(6)26(38)39-27(3,4)5)30-23(24-29-16(2)31-40-24)34(21)12-11-33(15)25(37)17-7-9-18(28)10-8-17/h7-10,15,19H,11-14H2,1-6H3/t15-,19-/m1/s1. The van der Waals surface area contributed by atoms with Crippen LogP contribution in [0.15, 0.2) is 24.3 Å². The third-order valence-electron chi connectivity index (χ3n) is 7.08. The quantitative estimate of drug-likeness (QED) is 0.466. The number of rotatable bonds is 4. The molecule has 1 aromatic carbocycles. The van der Waals surface area contributed by atoms with E-state index in [-0.39, 0.29) is 24.8 Å². The molecule has 2 aliphatic heterocycles. The van der Waals surface area contributed by atoms with Crippen LogP contribution in [0.1, 0.15) is 62.0 Å². The third-order valence-corrected chi connectivity index (χ3v) is 7.88. The number of hydrogen-bond donors (Lipinski definition) is 0. The van der Waals surface area contributed by atoms with E-state index in [1.807, 2.05) is 11.5 Å². The molecule has 1 saturated heterocycles. The predicted octanol–water partition coefficient (Wildman–Crippen LogP) is 4.04. The molecule has 13 heteroatoms. The zero-order valence-corrected chi connectivity index (χ0v) is 24.2. The summed E-state index contributed by atoms with van der Waals surface area (Å²) in [7, 11) is 1.62. The zero-order chi connectivity index (χ0) is 28.9. The first-order chi connectivity index (χ1) is 18.8. The number of aryl methyl sites for hydroxylation is 1. The molecule has 0 radical (unpaired) electrons. The summed E-state index contributed by atoms with van der Waals surface area (Å²) in [6.45, 7) is 10.1. The average Bonchev–Trinajstić information content (AvgIpc) is 3.59. The minimum Gasteiger partial charge on any atom is -0.444 e. The number of aromatic nitrogens is 4. The van der Waals surface area contributed by atoms with Gasteiger partial charge in [-0.2, -0.15) is 4.37 Å². The van der Waals surface area contributed by atoms with Crippen molar-refractivity contribution < 1.29 is 23.5 Å². The van der Waals surface area contributed by atoms with Gasteiger partial charge in [0, 0.05) is 38.7 Å². The van der Waals surface area contributed by atoms with Gasteiger partial charge in [0.25, 0.3) is 5.91 Å². The summed E-state index contributed by atoms with van der Waals surface area (Å²) >= 11 is 1.22. The van der Waals surface area contributed by atoms with Crippen LogP contribution in [0.5, 0.6) is 0 Å². The van der Waals surface area contributed by atoms with Crippen molar-refractivity contribution in [3.8, 4) is 10.8 Å². The van der Waals surface area contributed by atoms with Crippen LogP contribution < -0.4 is 4.90 Å². The Labute approximate surface area is 235 Å². The molecule has 40 heavy (non-hydrogen) atoms. The molecule has 0 saturated carbocycles. The maximum absolute atomic E-state index is 13.5. The van der Waals surface area contributed by atoms with E-state index in [4.69, 9.17) is 9.72 Å². The Morgan fingerprint density at radius 1 is 1.15 bits per heavy atom. The van der Waals surface area contributed by atoms with E-state index < -0.39 is 29.6 Å². The highest BCUT2D eigenvalue weighted by Gasteiger charge is 2.42. The Morgan fingerprint density at radius 3 is 2.48 bits per heavy atom. The largest absolute Gasteiger partial charge is 0.444 e. The van der Waals surface area contributed by atoms with Crippen molar-refractivity contribution in [3.05, 3.63) is 47.2 Å². The number of ether oxygens (including phenoxy) is 1. The van der Waals surface area contributed by atoms with Gasteiger partial charge in [0.2, 0.25) is 5.91 Å². The number of fused-ring (bicyclic) bond motifs is 1. The summed E-state index contributed by atoms with van der Waals surface area (Å²) in [5.41, 5.74) is 0.402. The number of amides is 3. The Kier molecular flexibility index (Phi) is 7.11. The first-order valence-electron chi connectivity index (χ1n) is 13.1. The van der Waals surface area contributed by atoms with Gasteiger partial charge >= 0.3 is 6.09 Å².